The molecule has 0 aliphatic carbocycles. The summed E-state index contributed by atoms with van der Waals surface area (Å²) in [6, 6.07) is 4.91. The Kier molecular flexibility index (Phi) is 5.14. The van der Waals surface area contributed by atoms with Crippen LogP contribution in [0, 0.1) is 0 Å². The molecule has 0 radical (unpaired) electrons. The fourth-order valence-electron chi connectivity index (χ4n) is 4.54. The molecule has 2 aromatic heterocycles. The van der Waals surface area contributed by atoms with E-state index in [2.05, 4.69) is 42.5 Å². The fraction of sp³-hybridized carbons (Fsp3) is 0.600. The molecule has 3 aliphatic rings. The Morgan fingerprint density at radius 1 is 0.577 bits per heavy atom. The lowest BCUT2D eigenvalue weighted by atomic mass is 10.2. The van der Waals surface area contributed by atoms with Gasteiger partial charge in [-0.25, -0.2) is 0 Å². The molecule has 0 aromatic carbocycles. The summed E-state index contributed by atoms with van der Waals surface area (Å²) >= 11 is 3.90. The van der Waals surface area contributed by atoms with E-state index >= 15 is 0 Å². The molecule has 0 spiro atoms. The van der Waals surface area contributed by atoms with E-state index in [1.54, 1.807) is 0 Å². The van der Waals surface area contributed by atoms with Crippen LogP contribution in [0.15, 0.2) is 22.9 Å². The standard InChI is InChI=1S/C20H28N4S2/c1-3-21-9-17-7-20(26-13-17)12-24-6-2-4-22(16-24)10-18-8-19(25-14-18)11-23(5-1)15-21/h7-8,13-14H,1-6,9-12,15-16H2. The van der Waals surface area contributed by atoms with Crippen molar-refractivity contribution in [3.8, 4) is 0 Å². The summed E-state index contributed by atoms with van der Waals surface area (Å²) in [6.45, 7) is 11.6. The van der Waals surface area contributed by atoms with Crippen molar-refractivity contribution < 1.29 is 0 Å². The van der Waals surface area contributed by atoms with Crippen molar-refractivity contribution in [1.29, 1.82) is 0 Å². The Hall–Kier alpha value is -0.760. The van der Waals surface area contributed by atoms with Crippen LogP contribution in [0.25, 0.3) is 0 Å². The van der Waals surface area contributed by atoms with E-state index < -0.39 is 0 Å². The van der Waals surface area contributed by atoms with Gasteiger partial charge in [0.05, 0.1) is 13.3 Å². The lowest BCUT2D eigenvalue weighted by molar-refractivity contribution is 0.0732. The molecule has 2 fully saturated rings. The second-order valence-corrected chi connectivity index (χ2v) is 10.0. The van der Waals surface area contributed by atoms with Gasteiger partial charge in [0.15, 0.2) is 0 Å². The minimum Gasteiger partial charge on any atom is -0.286 e. The van der Waals surface area contributed by atoms with Gasteiger partial charge < -0.3 is 0 Å². The first-order valence-electron chi connectivity index (χ1n) is 9.82. The average Bonchev–Trinajstić information content (AvgIpc) is 3.24. The van der Waals surface area contributed by atoms with Crippen LogP contribution in [0.1, 0.15) is 33.7 Å². The van der Waals surface area contributed by atoms with Crippen LogP contribution in [0.2, 0.25) is 0 Å². The first-order valence-corrected chi connectivity index (χ1v) is 11.6. The van der Waals surface area contributed by atoms with E-state index in [4.69, 9.17) is 0 Å². The average molecular weight is 389 g/mol. The molecular formula is C20H28N4S2. The zero-order valence-corrected chi connectivity index (χ0v) is 17.0. The predicted molar refractivity (Wildman–Crippen MR) is 109 cm³/mol. The lowest BCUT2D eigenvalue weighted by Crippen LogP contribution is -2.44. The van der Waals surface area contributed by atoms with E-state index in [1.165, 1.54) is 59.9 Å². The SMILES string of the molecule is c1sc2cc1CN1CCCN(Cc3cc(cs3)CN3CCCN(C2)C3)C1. The van der Waals surface area contributed by atoms with Gasteiger partial charge in [-0.1, -0.05) is 0 Å². The molecular weight excluding hydrogens is 360 g/mol. The summed E-state index contributed by atoms with van der Waals surface area (Å²) in [5, 5.41) is 4.78. The van der Waals surface area contributed by atoms with E-state index in [1.807, 2.05) is 22.7 Å². The van der Waals surface area contributed by atoms with Crippen LogP contribution in [0.4, 0.5) is 0 Å². The van der Waals surface area contributed by atoms with Crippen molar-refractivity contribution >= 4 is 22.7 Å². The van der Waals surface area contributed by atoms with Crippen LogP contribution in [-0.2, 0) is 26.2 Å². The predicted octanol–water partition coefficient (Wildman–Crippen LogP) is 3.45. The van der Waals surface area contributed by atoms with Crippen molar-refractivity contribution in [1.82, 2.24) is 19.6 Å². The van der Waals surface area contributed by atoms with Gasteiger partial charge in [-0.05, 0) is 46.9 Å². The maximum absolute atomic E-state index is 2.63. The number of thiophene rings is 2. The van der Waals surface area contributed by atoms with Gasteiger partial charge in [0.1, 0.15) is 0 Å². The van der Waals surface area contributed by atoms with Crippen molar-refractivity contribution in [3.63, 3.8) is 0 Å². The van der Waals surface area contributed by atoms with E-state index in [9.17, 15) is 0 Å². The fourth-order valence-corrected chi connectivity index (χ4v) is 6.39. The topological polar surface area (TPSA) is 13.0 Å². The normalized spacial score (nSPS) is 32.3. The van der Waals surface area contributed by atoms with Crippen LogP contribution in [0.3, 0.4) is 0 Å². The molecule has 5 heterocycles. The maximum Gasteiger partial charge on any atom is 0.0513 e. The van der Waals surface area contributed by atoms with Crippen molar-refractivity contribution in [2.45, 2.75) is 39.0 Å². The number of nitrogens with zero attached hydrogens (tertiary/aromatic N) is 4. The number of fused-ring (bicyclic) bond motifs is 8. The van der Waals surface area contributed by atoms with Crippen LogP contribution >= 0.6 is 22.7 Å². The molecule has 0 saturated carbocycles. The summed E-state index contributed by atoms with van der Waals surface area (Å²) in [4.78, 5) is 13.6. The monoisotopic (exact) mass is 388 g/mol. The summed E-state index contributed by atoms with van der Waals surface area (Å²) < 4.78 is 0. The molecule has 2 saturated heterocycles. The molecule has 140 valence electrons. The molecule has 4 unspecified atom stereocenters. The third-order valence-electron chi connectivity index (χ3n) is 5.68. The number of rotatable bonds is 0. The molecule has 4 nitrogen and oxygen atoms in total. The number of hydrogen-bond acceptors (Lipinski definition) is 6. The molecule has 4 atom stereocenters. The molecule has 26 heavy (non-hydrogen) atoms. The summed E-state index contributed by atoms with van der Waals surface area (Å²) in [6.07, 6.45) is 2.58. The Morgan fingerprint density at radius 2 is 1.00 bits per heavy atom. The van der Waals surface area contributed by atoms with E-state index in [0.29, 0.717) is 0 Å². The highest BCUT2D eigenvalue weighted by Crippen LogP contribution is 2.24. The first kappa shape index (κ1) is 17.3. The quantitative estimate of drug-likeness (QED) is 0.685. The summed E-state index contributed by atoms with van der Waals surface area (Å²) in [7, 11) is 0. The largest absolute Gasteiger partial charge is 0.286 e. The van der Waals surface area contributed by atoms with E-state index in [-0.39, 0.29) is 0 Å². The van der Waals surface area contributed by atoms with Gasteiger partial charge in [0.25, 0.3) is 0 Å². The van der Waals surface area contributed by atoms with Crippen molar-refractivity contribution in [2.24, 2.45) is 0 Å². The zero-order valence-electron chi connectivity index (χ0n) is 15.4. The highest BCUT2D eigenvalue weighted by Gasteiger charge is 2.22. The lowest BCUT2D eigenvalue weighted by Gasteiger charge is -2.36. The smallest absolute Gasteiger partial charge is 0.0513 e. The third-order valence-corrected chi connectivity index (χ3v) is 7.63. The Labute approximate surface area is 164 Å². The Balaban J connectivity index is 1.39. The molecule has 5 rings (SSSR count). The second-order valence-electron chi connectivity index (χ2n) is 8.04. The Morgan fingerprint density at radius 3 is 1.46 bits per heavy atom. The van der Waals surface area contributed by atoms with Crippen LogP contribution < -0.4 is 0 Å². The van der Waals surface area contributed by atoms with Gasteiger partial charge in [-0.2, -0.15) is 0 Å². The first-order chi connectivity index (χ1) is 12.8. The van der Waals surface area contributed by atoms with Gasteiger partial charge in [0, 0.05) is 62.1 Å². The minimum atomic E-state index is 1.11. The van der Waals surface area contributed by atoms with Crippen LogP contribution in [-0.4, -0.2) is 59.1 Å². The molecule has 0 N–H and O–H groups in total. The third kappa shape index (κ3) is 4.06. The van der Waals surface area contributed by atoms with Gasteiger partial charge in [0.2, 0.25) is 0 Å². The second kappa shape index (κ2) is 7.70. The minimum absolute atomic E-state index is 1.11. The molecule has 0 amide bonds. The van der Waals surface area contributed by atoms with E-state index in [0.717, 1.165) is 39.5 Å². The molecule has 2 aromatic rings. The zero-order chi connectivity index (χ0) is 17.3. The highest BCUT2D eigenvalue weighted by molar-refractivity contribution is 7.10. The Bertz CT molecular complexity index is 625. The van der Waals surface area contributed by atoms with Crippen molar-refractivity contribution in [2.75, 3.05) is 39.5 Å². The molecule has 6 heteroatoms. The summed E-state index contributed by atoms with van der Waals surface area (Å²) in [5.74, 6) is 0. The maximum atomic E-state index is 2.63. The van der Waals surface area contributed by atoms with Gasteiger partial charge >= 0.3 is 0 Å². The van der Waals surface area contributed by atoms with Gasteiger partial charge in [-0.15, -0.1) is 22.7 Å². The molecule has 8 bridgehead atoms. The van der Waals surface area contributed by atoms with Crippen molar-refractivity contribution in [3.05, 3.63) is 43.8 Å². The summed E-state index contributed by atoms with van der Waals surface area (Å²) in [5.41, 5.74) is 3.01. The van der Waals surface area contributed by atoms with Gasteiger partial charge in [-0.3, -0.25) is 19.6 Å². The molecule has 3 aliphatic heterocycles. The highest BCUT2D eigenvalue weighted by atomic mass is 32.1. The van der Waals surface area contributed by atoms with Crippen LogP contribution in [0.5, 0.6) is 0 Å². The number of hydrogen-bond donors (Lipinski definition) is 0.